The van der Waals surface area contributed by atoms with Gasteiger partial charge >= 0.3 is 24.7 Å². The highest BCUT2D eigenvalue weighted by Gasteiger charge is 2.38. The Kier molecular flexibility index (Phi) is 13.6. The number of aromatic amines is 4. The maximum absolute atomic E-state index is 12.6. The van der Waals surface area contributed by atoms with Crippen LogP contribution >= 0.6 is 0 Å². The van der Waals surface area contributed by atoms with Gasteiger partial charge in [0.1, 0.15) is 22.1 Å². The summed E-state index contributed by atoms with van der Waals surface area (Å²) in [4.78, 5) is 53.0. The van der Waals surface area contributed by atoms with Crippen molar-refractivity contribution in [2.75, 3.05) is 0 Å². The summed E-state index contributed by atoms with van der Waals surface area (Å²) in [6.45, 7) is 8.70. The third-order valence-electron chi connectivity index (χ3n) is 8.16. The molecule has 8 aromatic heterocycles. The molecule has 0 saturated carbocycles. The van der Waals surface area contributed by atoms with E-state index in [0.717, 1.165) is 12.8 Å². The number of fused-ring (bicyclic) bond motifs is 4. The van der Waals surface area contributed by atoms with Crippen LogP contribution in [0.15, 0.2) is 25.3 Å². The number of hydrogen-bond donors (Lipinski definition) is 4. The molecule has 8 heterocycles. The lowest BCUT2D eigenvalue weighted by atomic mass is 10.1. The minimum absolute atomic E-state index is 0.0322. The number of H-pyrrole nitrogens is 4. The van der Waals surface area contributed by atoms with Gasteiger partial charge in [-0.1, -0.05) is 34.1 Å². The lowest BCUT2D eigenvalue weighted by molar-refractivity contribution is -0.145. The van der Waals surface area contributed by atoms with Crippen LogP contribution in [0.2, 0.25) is 0 Å². The zero-order valence-corrected chi connectivity index (χ0v) is 32.6. The zero-order chi connectivity index (χ0) is 45.8. The fraction of sp³-hybridized carbons (Fsp3) is 0.412. The molecule has 0 aliphatic rings. The SMILES string of the molecule is CC(C)c1nc(C(F)(F)F)nc2nc[nH]c12.CCCCc1nc(C(F)(F)F)nc2nc[nH]c12.CCc1nc(C(F)(F)F)nc2nc[nH]c12.Cc1nc(C(F)(F)F)nc2nc[nH]c12. The van der Waals surface area contributed by atoms with Crippen LogP contribution in [-0.2, 0) is 37.5 Å². The minimum Gasteiger partial charge on any atom is -0.342 e. The highest BCUT2D eigenvalue weighted by atomic mass is 19.4. The van der Waals surface area contributed by atoms with E-state index in [2.05, 4.69) is 79.7 Å². The molecule has 62 heavy (non-hydrogen) atoms. The predicted octanol–water partition coefficient (Wildman–Crippen LogP) is 8.82. The molecule has 16 nitrogen and oxygen atoms in total. The van der Waals surface area contributed by atoms with Crippen LogP contribution < -0.4 is 0 Å². The van der Waals surface area contributed by atoms with Crippen molar-refractivity contribution < 1.29 is 52.7 Å². The number of halogens is 12. The van der Waals surface area contributed by atoms with Gasteiger partial charge in [0.2, 0.25) is 23.3 Å². The van der Waals surface area contributed by atoms with Gasteiger partial charge in [0.15, 0.2) is 22.6 Å². The van der Waals surface area contributed by atoms with E-state index in [1.807, 2.05) is 6.92 Å². The van der Waals surface area contributed by atoms with E-state index in [4.69, 9.17) is 0 Å². The molecule has 0 saturated heterocycles. The summed E-state index contributed by atoms with van der Waals surface area (Å²) < 4.78 is 149. The first kappa shape index (κ1) is 46.4. The summed E-state index contributed by atoms with van der Waals surface area (Å²) in [6, 6.07) is 0. The Bertz CT molecular complexity index is 2740. The van der Waals surface area contributed by atoms with E-state index in [0.29, 0.717) is 52.0 Å². The van der Waals surface area contributed by atoms with Crippen molar-refractivity contribution in [1.29, 1.82) is 0 Å². The molecule has 0 radical (unpaired) electrons. The molecule has 8 aromatic rings. The molecule has 28 heteroatoms. The number of hydrogen-bond acceptors (Lipinski definition) is 12. The van der Waals surface area contributed by atoms with E-state index >= 15 is 0 Å². The molecule has 0 aliphatic heterocycles. The van der Waals surface area contributed by atoms with Gasteiger partial charge in [-0.15, -0.1) is 0 Å². The first-order valence-corrected chi connectivity index (χ1v) is 18.0. The maximum Gasteiger partial charge on any atom is 0.451 e. The molecule has 0 unspecified atom stereocenters. The zero-order valence-electron chi connectivity index (χ0n) is 32.6. The molecule has 0 aromatic carbocycles. The Balaban J connectivity index is 0.000000156. The van der Waals surface area contributed by atoms with Crippen LogP contribution in [0.4, 0.5) is 52.7 Å². The fourth-order valence-electron chi connectivity index (χ4n) is 5.33. The van der Waals surface area contributed by atoms with Crippen LogP contribution in [0, 0.1) is 6.92 Å². The third-order valence-corrected chi connectivity index (χ3v) is 8.16. The molecule has 332 valence electrons. The lowest BCUT2D eigenvalue weighted by Crippen LogP contribution is -2.13. The van der Waals surface area contributed by atoms with Crippen molar-refractivity contribution in [3.05, 3.63) is 71.4 Å². The Hall–Kier alpha value is -6.64. The van der Waals surface area contributed by atoms with Crippen LogP contribution in [0.5, 0.6) is 0 Å². The Morgan fingerprint density at radius 2 is 0.823 bits per heavy atom. The summed E-state index contributed by atoms with van der Waals surface area (Å²) in [6.07, 6.45) is -10.4. The Labute approximate surface area is 339 Å². The van der Waals surface area contributed by atoms with Gasteiger partial charge in [-0.05, 0) is 32.1 Å². The van der Waals surface area contributed by atoms with Gasteiger partial charge in [-0.3, -0.25) is 0 Å². The van der Waals surface area contributed by atoms with Crippen LogP contribution in [0.3, 0.4) is 0 Å². The van der Waals surface area contributed by atoms with Crippen molar-refractivity contribution in [3.8, 4) is 0 Å². The first-order valence-electron chi connectivity index (χ1n) is 18.0. The van der Waals surface area contributed by atoms with Gasteiger partial charge < -0.3 is 19.9 Å². The Morgan fingerprint density at radius 1 is 0.468 bits per heavy atom. The highest BCUT2D eigenvalue weighted by molar-refractivity contribution is 5.74. The van der Waals surface area contributed by atoms with E-state index in [9.17, 15) is 52.7 Å². The van der Waals surface area contributed by atoms with Gasteiger partial charge in [-0.25, -0.2) is 59.8 Å². The van der Waals surface area contributed by atoms with Crippen molar-refractivity contribution in [3.63, 3.8) is 0 Å². The van der Waals surface area contributed by atoms with E-state index in [1.54, 1.807) is 20.8 Å². The molecular formula is C34H32F12N16. The summed E-state index contributed by atoms with van der Waals surface area (Å²) in [5.41, 5.74) is 3.31. The van der Waals surface area contributed by atoms with Crippen LogP contribution in [0.25, 0.3) is 44.7 Å². The number of imidazole rings is 4. The summed E-state index contributed by atoms with van der Waals surface area (Å²) in [5, 5.41) is 0. The largest absolute Gasteiger partial charge is 0.451 e. The molecule has 0 spiro atoms. The summed E-state index contributed by atoms with van der Waals surface area (Å²) >= 11 is 0. The van der Waals surface area contributed by atoms with E-state index in [1.165, 1.54) is 32.2 Å². The van der Waals surface area contributed by atoms with Crippen molar-refractivity contribution >= 4 is 44.7 Å². The van der Waals surface area contributed by atoms with Crippen LogP contribution in [-0.4, -0.2) is 79.7 Å². The molecule has 0 aliphatic carbocycles. The Morgan fingerprint density at radius 3 is 1.24 bits per heavy atom. The summed E-state index contributed by atoms with van der Waals surface area (Å²) in [7, 11) is 0. The molecule has 8 rings (SSSR count). The van der Waals surface area contributed by atoms with Gasteiger partial charge in [-0.2, -0.15) is 52.7 Å². The molecule has 0 bridgehead atoms. The van der Waals surface area contributed by atoms with E-state index < -0.39 is 48.0 Å². The molecule has 0 amide bonds. The number of alkyl halides is 12. The number of aromatic nitrogens is 16. The average molecular weight is 893 g/mol. The molecule has 0 atom stereocenters. The van der Waals surface area contributed by atoms with Crippen molar-refractivity contribution in [2.45, 2.75) is 90.9 Å². The second-order valence-corrected chi connectivity index (χ2v) is 13.1. The van der Waals surface area contributed by atoms with Crippen molar-refractivity contribution in [2.24, 2.45) is 0 Å². The second-order valence-electron chi connectivity index (χ2n) is 13.1. The molecule has 4 N–H and O–H groups in total. The standard InChI is InChI=1S/C10H11F3N4.C9H9F3N4.C8H7F3N4.C7H5F3N4/c1-2-3-4-6-7-8(15-5-14-7)17-9(16-6)10(11,12)13;1-4(2)5-6-7(14-3-13-6)16-8(15-5)9(10,11)12;1-2-4-5-6(13-3-12-5)15-7(14-4)8(9,10)11;1-3-4-5(12-2-11-4)14-6(13-3)7(8,9)10/h5H,2-4H2,1H3,(H,14,15,16,17);3-4H,1-2H3,(H,13,14,15,16);3H,2H2,1H3,(H,12,13,14,15);2H,1H3,(H,11,12,13,14). The van der Waals surface area contributed by atoms with Crippen molar-refractivity contribution in [1.82, 2.24) is 79.7 Å². The van der Waals surface area contributed by atoms with Gasteiger partial charge in [0.25, 0.3) is 0 Å². The normalized spacial score (nSPS) is 12.4. The number of nitrogens with one attached hydrogen (secondary N) is 4. The topological polar surface area (TPSA) is 218 Å². The monoisotopic (exact) mass is 892 g/mol. The average Bonchev–Trinajstić information content (AvgIpc) is 4.02. The molecular weight excluding hydrogens is 860 g/mol. The fourth-order valence-corrected chi connectivity index (χ4v) is 5.33. The number of nitrogens with zero attached hydrogens (tertiary/aromatic N) is 12. The number of rotatable bonds is 5. The maximum atomic E-state index is 12.6. The van der Waals surface area contributed by atoms with E-state index in [-0.39, 0.29) is 34.2 Å². The number of aryl methyl sites for hydroxylation is 3. The van der Waals surface area contributed by atoms with Crippen LogP contribution in [0.1, 0.15) is 92.5 Å². The third kappa shape index (κ3) is 11.0. The van der Waals surface area contributed by atoms with Gasteiger partial charge in [0.05, 0.1) is 48.1 Å². The summed E-state index contributed by atoms with van der Waals surface area (Å²) in [5.74, 6) is -4.69. The second kappa shape index (κ2) is 18.1. The minimum atomic E-state index is -4.54. The number of unbranched alkanes of at least 4 members (excludes halogenated alkanes) is 1. The van der Waals surface area contributed by atoms with Gasteiger partial charge in [0, 0.05) is 0 Å². The predicted molar refractivity (Wildman–Crippen MR) is 194 cm³/mol. The quantitative estimate of drug-likeness (QED) is 0.119. The smallest absolute Gasteiger partial charge is 0.342 e. The molecule has 0 fully saturated rings. The highest BCUT2D eigenvalue weighted by Crippen LogP contribution is 2.31. The first-order chi connectivity index (χ1) is 28.9. The lowest BCUT2D eigenvalue weighted by Gasteiger charge is -2.09.